The van der Waals surface area contributed by atoms with Gasteiger partial charge >= 0.3 is 0 Å². The number of rotatable bonds is 7. The molecule has 0 atom stereocenters. The van der Waals surface area contributed by atoms with Gasteiger partial charge in [-0.05, 0) is 55.0 Å². The van der Waals surface area contributed by atoms with Crippen molar-refractivity contribution in [1.82, 2.24) is 4.31 Å². The van der Waals surface area contributed by atoms with E-state index in [2.05, 4.69) is 5.32 Å². The normalized spacial score (nSPS) is 15.6. The second-order valence-corrected chi connectivity index (χ2v) is 9.51. The number of sulfonamides is 1. The fraction of sp³-hybridized carbons (Fsp3) is 0.409. The molecule has 8 heteroatoms. The summed E-state index contributed by atoms with van der Waals surface area (Å²) in [6.07, 6.45) is 3.84. The van der Waals surface area contributed by atoms with Crippen LogP contribution >= 0.6 is 0 Å². The average Bonchev–Trinajstić information content (AvgIpc) is 2.74. The van der Waals surface area contributed by atoms with Crippen LogP contribution in [0.2, 0.25) is 0 Å². The summed E-state index contributed by atoms with van der Waals surface area (Å²) in [5, 5.41) is 2.87. The summed E-state index contributed by atoms with van der Waals surface area (Å²) in [5.74, 6) is 1.41. The third-order valence-corrected chi connectivity index (χ3v) is 6.74. The van der Waals surface area contributed by atoms with Gasteiger partial charge in [-0.3, -0.25) is 4.79 Å². The van der Waals surface area contributed by atoms with Gasteiger partial charge < -0.3 is 14.8 Å². The Morgan fingerprint density at radius 2 is 1.73 bits per heavy atom. The second kappa shape index (κ2) is 9.49. The standard InChI is InChI=1S/C22H28N2O5S/c1-28-19-8-9-21(29-2)20(15-19)23-22(25)18-6-4-16(5-7-18)14-17-10-12-24(13-11-17)30(3,26)27/h4-9,15,17H,10-14H2,1-3H3,(H,23,25). The molecule has 1 heterocycles. The van der Waals surface area contributed by atoms with Crippen molar-refractivity contribution in [3.63, 3.8) is 0 Å². The zero-order chi connectivity index (χ0) is 21.7. The topological polar surface area (TPSA) is 84.9 Å². The molecule has 2 aromatic carbocycles. The SMILES string of the molecule is COc1ccc(OC)c(NC(=O)c2ccc(CC3CCN(S(C)(=O)=O)CC3)cc2)c1. The first kappa shape index (κ1) is 22.1. The summed E-state index contributed by atoms with van der Waals surface area (Å²) in [5.41, 5.74) is 2.24. The molecule has 0 bridgehead atoms. The fourth-order valence-electron chi connectivity index (χ4n) is 3.68. The highest BCUT2D eigenvalue weighted by Gasteiger charge is 2.25. The number of amides is 1. The summed E-state index contributed by atoms with van der Waals surface area (Å²) in [6.45, 7) is 1.15. The zero-order valence-electron chi connectivity index (χ0n) is 17.6. The maximum Gasteiger partial charge on any atom is 0.255 e. The van der Waals surface area contributed by atoms with Gasteiger partial charge in [-0.1, -0.05) is 12.1 Å². The van der Waals surface area contributed by atoms with E-state index in [4.69, 9.17) is 9.47 Å². The summed E-state index contributed by atoms with van der Waals surface area (Å²) in [6, 6.07) is 12.8. The molecule has 1 N–H and O–H groups in total. The third-order valence-electron chi connectivity index (χ3n) is 5.44. The summed E-state index contributed by atoms with van der Waals surface area (Å²) < 4.78 is 35.3. The van der Waals surface area contributed by atoms with Crippen LogP contribution < -0.4 is 14.8 Å². The highest BCUT2D eigenvalue weighted by molar-refractivity contribution is 7.88. The van der Waals surface area contributed by atoms with Crippen molar-refractivity contribution in [3.8, 4) is 11.5 Å². The number of hydrogen-bond acceptors (Lipinski definition) is 5. The molecule has 0 spiro atoms. The minimum absolute atomic E-state index is 0.227. The monoisotopic (exact) mass is 432 g/mol. The quantitative estimate of drug-likeness (QED) is 0.726. The first-order chi connectivity index (χ1) is 14.3. The molecule has 30 heavy (non-hydrogen) atoms. The lowest BCUT2D eigenvalue weighted by molar-refractivity contribution is 0.102. The van der Waals surface area contributed by atoms with Crippen LogP contribution in [0.5, 0.6) is 11.5 Å². The number of carbonyl (C=O) groups is 1. The summed E-state index contributed by atoms with van der Waals surface area (Å²) >= 11 is 0. The van der Waals surface area contributed by atoms with Crippen molar-refractivity contribution in [2.24, 2.45) is 5.92 Å². The molecule has 0 radical (unpaired) electrons. The molecule has 2 aromatic rings. The minimum atomic E-state index is -3.10. The van der Waals surface area contributed by atoms with E-state index in [1.54, 1.807) is 36.7 Å². The predicted octanol–water partition coefficient (Wildman–Crippen LogP) is 3.17. The highest BCUT2D eigenvalue weighted by Crippen LogP contribution is 2.29. The van der Waals surface area contributed by atoms with E-state index < -0.39 is 10.0 Å². The molecule has 0 aromatic heterocycles. The number of carbonyl (C=O) groups excluding carboxylic acids is 1. The Labute approximate surface area is 178 Å². The molecule has 162 valence electrons. The number of anilines is 1. The molecule has 1 fully saturated rings. The van der Waals surface area contributed by atoms with E-state index in [-0.39, 0.29) is 5.91 Å². The van der Waals surface area contributed by atoms with Crippen LogP contribution in [0.3, 0.4) is 0 Å². The van der Waals surface area contributed by atoms with E-state index in [9.17, 15) is 13.2 Å². The van der Waals surface area contributed by atoms with Gasteiger partial charge in [0, 0.05) is 24.7 Å². The highest BCUT2D eigenvalue weighted by atomic mass is 32.2. The maximum atomic E-state index is 12.6. The van der Waals surface area contributed by atoms with Gasteiger partial charge in [0.15, 0.2) is 0 Å². The molecule has 7 nitrogen and oxygen atoms in total. The smallest absolute Gasteiger partial charge is 0.255 e. The first-order valence-electron chi connectivity index (χ1n) is 9.87. The van der Waals surface area contributed by atoms with E-state index in [0.29, 0.717) is 41.8 Å². The largest absolute Gasteiger partial charge is 0.497 e. The van der Waals surface area contributed by atoms with Crippen molar-refractivity contribution >= 4 is 21.6 Å². The number of hydrogen-bond donors (Lipinski definition) is 1. The van der Waals surface area contributed by atoms with Crippen molar-refractivity contribution in [2.45, 2.75) is 19.3 Å². The number of methoxy groups -OCH3 is 2. The van der Waals surface area contributed by atoms with Gasteiger partial charge in [0.05, 0.1) is 26.2 Å². The molecular weight excluding hydrogens is 404 g/mol. The van der Waals surface area contributed by atoms with Crippen LogP contribution in [-0.4, -0.2) is 52.2 Å². The Balaban J connectivity index is 1.60. The third kappa shape index (κ3) is 5.52. The Morgan fingerprint density at radius 3 is 2.30 bits per heavy atom. The lowest BCUT2D eigenvalue weighted by Crippen LogP contribution is -2.38. The average molecular weight is 433 g/mol. The molecule has 1 aliphatic heterocycles. The molecule has 1 amide bonds. The lowest BCUT2D eigenvalue weighted by Gasteiger charge is -2.30. The predicted molar refractivity (Wildman–Crippen MR) is 117 cm³/mol. The van der Waals surface area contributed by atoms with Crippen LogP contribution in [0.1, 0.15) is 28.8 Å². The number of benzene rings is 2. The van der Waals surface area contributed by atoms with Gasteiger partial charge in [0.25, 0.3) is 5.91 Å². The van der Waals surface area contributed by atoms with Crippen LogP contribution in [-0.2, 0) is 16.4 Å². The Morgan fingerprint density at radius 1 is 1.07 bits per heavy atom. The zero-order valence-corrected chi connectivity index (χ0v) is 18.4. The molecule has 1 aliphatic rings. The molecule has 0 unspecified atom stereocenters. The maximum absolute atomic E-state index is 12.6. The Hall–Kier alpha value is -2.58. The molecular formula is C22H28N2O5S. The molecule has 0 saturated carbocycles. The van der Waals surface area contributed by atoms with Gasteiger partial charge in [-0.25, -0.2) is 12.7 Å². The Kier molecular flexibility index (Phi) is 6.99. The van der Waals surface area contributed by atoms with Crippen LogP contribution in [0.15, 0.2) is 42.5 Å². The van der Waals surface area contributed by atoms with Crippen molar-refractivity contribution in [1.29, 1.82) is 0 Å². The number of piperidine rings is 1. The van der Waals surface area contributed by atoms with Crippen LogP contribution in [0, 0.1) is 5.92 Å². The summed E-state index contributed by atoms with van der Waals surface area (Å²) in [4.78, 5) is 12.6. The van der Waals surface area contributed by atoms with Crippen molar-refractivity contribution in [2.75, 3.05) is 38.9 Å². The molecule has 1 saturated heterocycles. The number of ether oxygens (including phenoxy) is 2. The Bertz CT molecular complexity index is 981. The minimum Gasteiger partial charge on any atom is -0.497 e. The van der Waals surface area contributed by atoms with E-state index in [0.717, 1.165) is 24.8 Å². The number of nitrogens with one attached hydrogen (secondary N) is 1. The van der Waals surface area contributed by atoms with Gasteiger partial charge in [0.1, 0.15) is 11.5 Å². The van der Waals surface area contributed by atoms with E-state index in [1.807, 2.05) is 24.3 Å². The van der Waals surface area contributed by atoms with Gasteiger partial charge in [0.2, 0.25) is 10.0 Å². The summed E-state index contributed by atoms with van der Waals surface area (Å²) in [7, 11) is 0.0142. The number of nitrogens with zero attached hydrogens (tertiary/aromatic N) is 1. The van der Waals surface area contributed by atoms with Crippen LogP contribution in [0.4, 0.5) is 5.69 Å². The lowest BCUT2D eigenvalue weighted by atomic mass is 9.91. The van der Waals surface area contributed by atoms with Gasteiger partial charge in [-0.15, -0.1) is 0 Å². The second-order valence-electron chi connectivity index (χ2n) is 7.53. The molecule has 0 aliphatic carbocycles. The van der Waals surface area contributed by atoms with Crippen molar-refractivity contribution in [3.05, 3.63) is 53.6 Å². The molecule has 3 rings (SSSR count). The fourth-order valence-corrected chi connectivity index (χ4v) is 4.55. The first-order valence-corrected chi connectivity index (χ1v) is 11.7. The van der Waals surface area contributed by atoms with Crippen molar-refractivity contribution < 1.29 is 22.7 Å². The van der Waals surface area contributed by atoms with Gasteiger partial charge in [-0.2, -0.15) is 0 Å². The van der Waals surface area contributed by atoms with E-state index >= 15 is 0 Å². The van der Waals surface area contributed by atoms with E-state index in [1.165, 1.54) is 6.26 Å². The van der Waals surface area contributed by atoms with Crippen LogP contribution in [0.25, 0.3) is 0 Å².